The predicted octanol–water partition coefficient (Wildman–Crippen LogP) is 2.84. The van der Waals surface area contributed by atoms with Crippen LogP contribution < -0.4 is 15.0 Å². The highest BCUT2D eigenvalue weighted by atomic mass is 16.5. The van der Waals surface area contributed by atoms with E-state index in [0.717, 1.165) is 35.9 Å². The summed E-state index contributed by atoms with van der Waals surface area (Å²) >= 11 is 0. The average Bonchev–Trinajstić information content (AvgIpc) is 2.66. The van der Waals surface area contributed by atoms with Crippen LogP contribution in [0.3, 0.4) is 0 Å². The molecule has 1 aliphatic heterocycles. The number of hydrogen-bond acceptors (Lipinski definition) is 5. The predicted molar refractivity (Wildman–Crippen MR) is 102 cm³/mol. The number of carbonyl (C=O) groups is 1. The van der Waals surface area contributed by atoms with E-state index >= 15 is 0 Å². The van der Waals surface area contributed by atoms with Crippen LogP contribution in [0.15, 0.2) is 24.3 Å². The molecule has 2 heterocycles. The highest BCUT2D eigenvalue weighted by Gasteiger charge is 2.26. The number of fused-ring (bicyclic) bond motifs is 1. The maximum Gasteiger partial charge on any atom is 0.322 e. The van der Waals surface area contributed by atoms with Crippen LogP contribution in [0.1, 0.15) is 24.0 Å². The number of carbonyl (C=O) groups excluding carboxylic acids is 1. The lowest BCUT2D eigenvalue weighted by Gasteiger charge is -2.31. The number of aryl methyl sites for hydroxylation is 1. The lowest BCUT2D eigenvalue weighted by molar-refractivity contribution is 0.205. The third-order valence-corrected chi connectivity index (χ3v) is 4.62. The fourth-order valence-electron chi connectivity index (χ4n) is 3.10. The van der Waals surface area contributed by atoms with Gasteiger partial charge in [0, 0.05) is 32.1 Å². The molecule has 2 aromatic rings. The fourth-order valence-corrected chi connectivity index (χ4v) is 3.10. The topological polar surface area (TPSA) is 70.6 Å². The van der Waals surface area contributed by atoms with E-state index in [9.17, 15) is 4.79 Å². The zero-order valence-corrected chi connectivity index (χ0v) is 15.7. The Morgan fingerprint density at radius 3 is 2.85 bits per heavy atom. The molecule has 1 aliphatic rings. The fraction of sp³-hybridized carbons (Fsp3) is 0.421. The molecule has 0 spiro atoms. The van der Waals surface area contributed by atoms with Crippen molar-refractivity contribution in [2.45, 2.75) is 26.8 Å². The smallest absolute Gasteiger partial charge is 0.322 e. The Hall–Kier alpha value is -2.83. The van der Waals surface area contributed by atoms with Crippen LogP contribution in [-0.4, -0.2) is 48.1 Å². The standard InChI is InChI=1S/C19H25N5O2/c1-5-23(3)18-14-12-24(11-10-15(14)20-13(2)21-18)19(25)22-16-8-6-7-9-17(16)26-4/h6-9H,5,10-12H2,1-4H3,(H,22,25). The number of urea groups is 1. The van der Waals surface area contributed by atoms with Crippen LogP contribution in [0.25, 0.3) is 0 Å². The molecular formula is C19H25N5O2. The zero-order chi connectivity index (χ0) is 18.7. The number of anilines is 2. The lowest BCUT2D eigenvalue weighted by atomic mass is 10.1. The number of para-hydroxylation sites is 2. The molecule has 0 bridgehead atoms. The largest absolute Gasteiger partial charge is 0.495 e. The van der Waals surface area contributed by atoms with E-state index in [0.29, 0.717) is 24.5 Å². The van der Waals surface area contributed by atoms with Crippen molar-refractivity contribution in [1.82, 2.24) is 14.9 Å². The van der Waals surface area contributed by atoms with E-state index in [1.807, 2.05) is 38.2 Å². The summed E-state index contributed by atoms with van der Waals surface area (Å²) in [7, 11) is 3.60. The molecule has 0 aliphatic carbocycles. The van der Waals surface area contributed by atoms with E-state index in [1.54, 1.807) is 12.0 Å². The molecular weight excluding hydrogens is 330 g/mol. The van der Waals surface area contributed by atoms with Gasteiger partial charge < -0.3 is 19.9 Å². The van der Waals surface area contributed by atoms with Gasteiger partial charge in [-0.3, -0.25) is 0 Å². The molecule has 26 heavy (non-hydrogen) atoms. The highest BCUT2D eigenvalue weighted by molar-refractivity contribution is 5.91. The number of benzene rings is 1. The molecule has 7 nitrogen and oxygen atoms in total. The second-order valence-corrected chi connectivity index (χ2v) is 6.34. The van der Waals surface area contributed by atoms with E-state index in [-0.39, 0.29) is 6.03 Å². The van der Waals surface area contributed by atoms with Crippen molar-refractivity contribution in [3.8, 4) is 5.75 Å². The van der Waals surface area contributed by atoms with Crippen LogP contribution in [0.5, 0.6) is 5.75 Å². The number of aromatic nitrogens is 2. The maximum atomic E-state index is 12.8. The van der Waals surface area contributed by atoms with Gasteiger partial charge in [-0.2, -0.15) is 0 Å². The second kappa shape index (κ2) is 7.59. The first-order valence-electron chi connectivity index (χ1n) is 8.80. The molecule has 1 aromatic heterocycles. The number of rotatable bonds is 4. The first-order valence-corrected chi connectivity index (χ1v) is 8.80. The Morgan fingerprint density at radius 1 is 1.35 bits per heavy atom. The van der Waals surface area contributed by atoms with Crippen LogP contribution in [0, 0.1) is 6.92 Å². The van der Waals surface area contributed by atoms with Gasteiger partial charge >= 0.3 is 6.03 Å². The van der Waals surface area contributed by atoms with Crippen LogP contribution >= 0.6 is 0 Å². The van der Waals surface area contributed by atoms with E-state index in [2.05, 4.69) is 27.1 Å². The summed E-state index contributed by atoms with van der Waals surface area (Å²) < 4.78 is 5.31. The van der Waals surface area contributed by atoms with Crippen molar-refractivity contribution in [2.75, 3.05) is 37.5 Å². The minimum absolute atomic E-state index is 0.147. The summed E-state index contributed by atoms with van der Waals surface area (Å²) in [5, 5.41) is 2.94. The first-order chi connectivity index (χ1) is 12.5. The van der Waals surface area contributed by atoms with Gasteiger partial charge in [0.2, 0.25) is 0 Å². The van der Waals surface area contributed by atoms with Crippen LogP contribution in [0.2, 0.25) is 0 Å². The molecule has 0 unspecified atom stereocenters. The molecule has 1 N–H and O–H groups in total. The molecule has 7 heteroatoms. The molecule has 0 atom stereocenters. The van der Waals surface area contributed by atoms with Crippen molar-refractivity contribution in [3.05, 3.63) is 41.3 Å². The Kier molecular flexibility index (Phi) is 5.25. The third kappa shape index (κ3) is 3.56. The minimum Gasteiger partial charge on any atom is -0.495 e. The zero-order valence-electron chi connectivity index (χ0n) is 15.7. The Balaban J connectivity index is 1.82. The van der Waals surface area contributed by atoms with Gasteiger partial charge in [-0.1, -0.05) is 12.1 Å². The minimum atomic E-state index is -0.147. The van der Waals surface area contributed by atoms with Crippen LogP contribution in [0.4, 0.5) is 16.3 Å². The molecule has 1 aromatic carbocycles. The quantitative estimate of drug-likeness (QED) is 0.913. The number of hydrogen-bond donors (Lipinski definition) is 1. The number of ether oxygens (including phenoxy) is 1. The second-order valence-electron chi connectivity index (χ2n) is 6.34. The van der Waals surface area contributed by atoms with Crippen LogP contribution in [-0.2, 0) is 13.0 Å². The first kappa shape index (κ1) is 18.0. The molecule has 0 saturated carbocycles. The summed E-state index contributed by atoms with van der Waals surface area (Å²) in [6.07, 6.45) is 0.725. The van der Waals surface area contributed by atoms with Gasteiger partial charge in [0.05, 0.1) is 25.0 Å². The molecule has 0 fully saturated rings. The van der Waals surface area contributed by atoms with E-state index in [4.69, 9.17) is 4.74 Å². The van der Waals surface area contributed by atoms with E-state index in [1.165, 1.54) is 0 Å². The number of nitrogens with one attached hydrogen (secondary N) is 1. The molecule has 2 amide bonds. The monoisotopic (exact) mass is 355 g/mol. The summed E-state index contributed by atoms with van der Waals surface area (Å²) in [6, 6.07) is 7.25. The Labute approximate surface area is 154 Å². The van der Waals surface area contributed by atoms with E-state index < -0.39 is 0 Å². The van der Waals surface area contributed by atoms with Crippen molar-refractivity contribution < 1.29 is 9.53 Å². The molecule has 138 valence electrons. The number of nitrogens with zero attached hydrogens (tertiary/aromatic N) is 4. The van der Waals surface area contributed by atoms with Gasteiger partial charge in [0.25, 0.3) is 0 Å². The lowest BCUT2D eigenvalue weighted by Crippen LogP contribution is -2.40. The summed E-state index contributed by atoms with van der Waals surface area (Å²) in [4.78, 5) is 25.8. The average molecular weight is 355 g/mol. The SMILES string of the molecule is CCN(C)c1nc(C)nc2c1CN(C(=O)Nc1ccccc1OC)CC2. The van der Waals surface area contributed by atoms with Crippen molar-refractivity contribution >= 4 is 17.5 Å². The Morgan fingerprint density at radius 2 is 2.12 bits per heavy atom. The van der Waals surface area contributed by atoms with Gasteiger partial charge in [0.15, 0.2) is 0 Å². The van der Waals surface area contributed by atoms with Gasteiger partial charge in [-0.05, 0) is 26.0 Å². The van der Waals surface area contributed by atoms with Gasteiger partial charge in [0.1, 0.15) is 17.4 Å². The van der Waals surface area contributed by atoms with Crippen molar-refractivity contribution in [1.29, 1.82) is 0 Å². The molecule has 3 rings (SSSR count). The van der Waals surface area contributed by atoms with Crippen molar-refractivity contribution in [2.24, 2.45) is 0 Å². The normalized spacial score (nSPS) is 13.2. The summed E-state index contributed by atoms with van der Waals surface area (Å²) in [6.45, 7) is 5.96. The summed E-state index contributed by atoms with van der Waals surface area (Å²) in [5.41, 5.74) is 2.73. The highest BCUT2D eigenvalue weighted by Crippen LogP contribution is 2.28. The third-order valence-electron chi connectivity index (χ3n) is 4.62. The van der Waals surface area contributed by atoms with Crippen molar-refractivity contribution in [3.63, 3.8) is 0 Å². The molecule has 0 saturated heterocycles. The maximum absolute atomic E-state index is 12.8. The molecule has 0 radical (unpaired) electrons. The number of methoxy groups -OCH3 is 1. The Bertz CT molecular complexity index is 809. The summed E-state index contributed by atoms with van der Waals surface area (Å²) in [5.74, 6) is 2.32. The van der Waals surface area contributed by atoms with Gasteiger partial charge in [-0.15, -0.1) is 0 Å². The number of amides is 2. The van der Waals surface area contributed by atoms with Gasteiger partial charge in [-0.25, -0.2) is 14.8 Å².